The molecule has 2 heteroatoms. The lowest BCUT2D eigenvalue weighted by atomic mass is 9.97. The minimum atomic E-state index is 1.26. The molecule has 0 atom stereocenters. The number of benzene rings is 6. The van der Waals surface area contributed by atoms with Gasteiger partial charge in [0.2, 0.25) is 0 Å². The highest BCUT2D eigenvalue weighted by atomic mass is 32.1. The topological polar surface area (TPSA) is 4.41 Å². The van der Waals surface area contributed by atoms with Crippen molar-refractivity contribution in [1.82, 2.24) is 4.40 Å². The maximum atomic E-state index is 2.52. The predicted molar refractivity (Wildman–Crippen MR) is 166 cm³/mol. The molecule has 38 heavy (non-hydrogen) atoms. The second-order valence-electron chi connectivity index (χ2n) is 10.8. The van der Waals surface area contributed by atoms with Gasteiger partial charge in [-0.15, -0.1) is 11.3 Å². The Morgan fingerprint density at radius 3 is 2.08 bits per heavy atom. The fourth-order valence-corrected chi connectivity index (χ4v) is 7.87. The maximum Gasteiger partial charge on any atom is 0.0620 e. The molecule has 0 spiro atoms. The maximum absolute atomic E-state index is 2.52. The Kier molecular flexibility index (Phi) is 3.87. The average molecular weight is 502 g/mol. The second kappa shape index (κ2) is 7.12. The summed E-state index contributed by atoms with van der Waals surface area (Å²) in [4.78, 5) is 0. The first-order valence-electron chi connectivity index (χ1n) is 13.2. The summed E-state index contributed by atoms with van der Waals surface area (Å²) in [5.74, 6) is 0. The van der Waals surface area contributed by atoms with Gasteiger partial charge in [0, 0.05) is 41.7 Å². The molecule has 0 unspecified atom stereocenters. The summed E-state index contributed by atoms with van der Waals surface area (Å²) < 4.78 is 5.25. The van der Waals surface area contributed by atoms with E-state index >= 15 is 0 Å². The van der Waals surface area contributed by atoms with Gasteiger partial charge in [0.1, 0.15) is 0 Å². The summed E-state index contributed by atoms with van der Waals surface area (Å²) in [5, 5.41) is 10.7. The minimum Gasteiger partial charge on any atom is -0.308 e. The molecular weight excluding hydrogens is 478 g/mol. The van der Waals surface area contributed by atoms with E-state index in [1.165, 1.54) is 91.3 Å². The van der Waals surface area contributed by atoms with Crippen LogP contribution in [-0.4, -0.2) is 4.40 Å². The largest absolute Gasteiger partial charge is 0.308 e. The van der Waals surface area contributed by atoms with Gasteiger partial charge in [-0.3, -0.25) is 0 Å². The van der Waals surface area contributed by atoms with Crippen molar-refractivity contribution in [1.29, 1.82) is 0 Å². The molecule has 0 aliphatic rings. The Balaban J connectivity index is 1.51. The first-order chi connectivity index (χ1) is 18.6. The number of fused-ring (bicyclic) bond motifs is 11. The molecule has 9 aromatic rings. The van der Waals surface area contributed by atoms with E-state index in [4.69, 9.17) is 0 Å². The van der Waals surface area contributed by atoms with E-state index in [1.54, 1.807) is 0 Å². The summed E-state index contributed by atoms with van der Waals surface area (Å²) in [7, 11) is 0. The van der Waals surface area contributed by atoms with Crippen molar-refractivity contribution in [2.24, 2.45) is 0 Å². The van der Waals surface area contributed by atoms with Crippen LogP contribution in [0.1, 0.15) is 11.1 Å². The summed E-state index contributed by atoms with van der Waals surface area (Å²) in [5.41, 5.74) is 9.06. The fraction of sp³-hybridized carbons (Fsp3) is 0.0556. The zero-order chi connectivity index (χ0) is 25.1. The van der Waals surface area contributed by atoms with Gasteiger partial charge in [-0.1, -0.05) is 60.7 Å². The molecule has 1 nitrogen and oxygen atoms in total. The van der Waals surface area contributed by atoms with Crippen LogP contribution >= 0.6 is 11.3 Å². The standard InChI is InChI=1S/C36H23NS/c1-20-8-11-25-29-17-24(22-6-4-3-5-7-22)18-30-28-16-23-10-13-33-35(26-12-9-21(2)15-34(26)38-33)27(23)19-32(28)37(36(29)30)31(25)14-20/h3-19H,1-2H3. The van der Waals surface area contributed by atoms with Gasteiger partial charge in [-0.05, 0) is 89.3 Å². The highest BCUT2D eigenvalue weighted by Crippen LogP contribution is 2.45. The van der Waals surface area contributed by atoms with Crippen LogP contribution in [0.3, 0.4) is 0 Å². The molecule has 9 rings (SSSR count). The van der Waals surface area contributed by atoms with Gasteiger partial charge in [0.25, 0.3) is 0 Å². The van der Waals surface area contributed by atoms with Gasteiger partial charge in [-0.2, -0.15) is 0 Å². The SMILES string of the molecule is Cc1ccc2c(c1)sc1ccc3cc4c5cc(-c6ccccc6)cc6c7ccc(C)cc7n(c4cc3c12)c65. The van der Waals surface area contributed by atoms with Crippen molar-refractivity contribution in [3.63, 3.8) is 0 Å². The van der Waals surface area contributed by atoms with Crippen LogP contribution in [0, 0.1) is 13.8 Å². The highest BCUT2D eigenvalue weighted by molar-refractivity contribution is 7.26. The molecule has 0 radical (unpaired) electrons. The normalized spacial score (nSPS) is 12.5. The molecule has 0 N–H and O–H groups in total. The number of nitrogens with zero attached hydrogens (tertiary/aromatic N) is 1. The highest BCUT2D eigenvalue weighted by Gasteiger charge is 2.20. The van der Waals surface area contributed by atoms with E-state index in [9.17, 15) is 0 Å². The van der Waals surface area contributed by atoms with Gasteiger partial charge < -0.3 is 4.40 Å². The monoisotopic (exact) mass is 501 g/mol. The van der Waals surface area contributed by atoms with E-state index in [0.717, 1.165) is 0 Å². The van der Waals surface area contributed by atoms with Crippen molar-refractivity contribution < 1.29 is 0 Å². The summed E-state index contributed by atoms with van der Waals surface area (Å²) in [6.45, 7) is 4.38. The van der Waals surface area contributed by atoms with Crippen molar-refractivity contribution in [2.45, 2.75) is 13.8 Å². The molecule has 0 saturated heterocycles. The fourth-order valence-electron chi connectivity index (χ4n) is 6.65. The quantitative estimate of drug-likeness (QED) is 0.211. The number of rotatable bonds is 1. The van der Waals surface area contributed by atoms with E-state index in [1.807, 2.05) is 11.3 Å². The first-order valence-corrected chi connectivity index (χ1v) is 14.0. The van der Waals surface area contributed by atoms with Crippen molar-refractivity contribution in [3.05, 3.63) is 114 Å². The zero-order valence-electron chi connectivity index (χ0n) is 21.2. The van der Waals surface area contributed by atoms with Crippen molar-refractivity contribution in [3.8, 4) is 11.1 Å². The third-order valence-electron chi connectivity index (χ3n) is 8.38. The summed E-state index contributed by atoms with van der Waals surface area (Å²) >= 11 is 1.90. The molecular formula is C36H23NS. The second-order valence-corrected chi connectivity index (χ2v) is 11.9. The summed E-state index contributed by atoms with van der Waals surface area (Å²) in [6.07, 6.45) is 0. The van der Waals surface area contributed by atoms with Gasteiger partial charge in [0.15, 0.2) is 0 Å². The Labute approximate surface area is 223 Å². The van der Waals surface area contributed by atoms with Crippen molar-refractivity contribution >= 4 is 80.4 Å². The van der Waals surface area contributed by atoms with E-state index in [2.05, 4.69) is 121 Å². The predicted octanol–water partition coefficient (Wildman–Crippen LogP) is 10.6. The number of hydrogen-bond donors (Lipinski definition) is 0. The van der Waals surface area contributed by atoms with Gasteiger partial charge in [-0.25, -0.2) is 0 Å². The molecule has 3 heterocycles. The number of aryl methyl sites for hydroxylation is 2. The molecule has 0 aliphatic carbocycles. The van der Waals surface area contributed by atoms with E-state index in [0.29, 0.717) is 0 Å². The molecule has 0 saturated carbocycles. The third-order valence-corrected chi connectivity index (χ3v) is 9.50. The lowest BCUT2D eigenvalue weighted by Crippen LogP contribution is -1.83. The minimum absolute atomic E-state index is 1.26. The van der Waals surface area contributed by atoms with Crippen LogP contribution < -0.4 is 0 Å². The van der Waals surface area contributed by atoms with Crippen LogP contribution in [0.4, 0.5) is 0 Å². The molecule has 0 fully saturated rings. The Hall–Kier alpha value is -4.40. The van der Waals surface area contributed by atoms with Crippen LogP contribution in [-0.2, 0) is 0 Å². The number of aromatic nitrogens is 1. The Morgan fingerprint density at radius 2 is 1.24 bits per heavy atom. The van der Waals surface area contributed by atoms with E-state index < -0.39 is 0 Å². The molecule has 0 amide bonds. The van der Waals surface area contributed by atoms with Crippen LogP contribution in [0.25, 0.3) is 80.2 Å². The molecule has 6 aromatic carbocycles. The summed E-state index contributed by atoms with van der Waals surface area (Å²) in [6, 6.07) is 38.9. The molecule has 3 aromatic heterocycles. The molecule has 0 aliphatic heterocycles. The van der Waals surface area contributed by atoms with Gasteiger partial charge >= 0.3 is 0 Å². The van der Waals surface area contributed by atoms with E-state index in [-0.39, 0.29) is 0 Å². The number of hydrogen-bond acceptors (Lipinski definition) is 1. The third kappa shape index (κ3) is 2.60. The molecule has 0 bridgehead atoms. The zero-order valence-corrected chi connectivity index (χ0v) is 22.0. The smallest absolute Gasteiger partial charge is 0.0620 e. The lowest BCUT2D eigenvalue weighted by molar-refractivity contribution is 1.36. The first kappa shape index (κ1) is 20.6. The van der Waals surface area contributed by atoms with Crippen molar-refractivity contribution in [2.75, 3.05) is 0 Å². The van der Waals surface area contributed by atoms with Crippen LogP contribution in [0.2, 0.25) is 0 Å². The molecule has 178 valence electrons. The average Bonchev–Trinajstić information content (AvgIpc) is 3.57. The lowest BCUT2D eigenvalue weighted by Gasteiger charge is -2.06. The Bertz CT molecular complexity index is 2400. The van der Waals surface area contributed by atoms with Gasteiger partial charge in [0.05, 0.1) is 16.6 Å². The van der Waals surface area contributed by atoms with Crippen LogP contribution in [0.5, 0.6) is 0 Å². The Morgan fingerprint density at radius 1 is 0.500 bits per heavy atom. The number of thiophene rings is 1. The van der Waals surface area contributed by atoms with Crippen LogP contribution in [0.15, 0.2) is 103 Å².